The fraction of sp³-hybridized carbons (Fsp3) is 0.200. The van der Waals surface area contributed by atoms with Crippen molar-refractivity contribution in [3.8, 4) is 0 Å². The van der Waals surface area contributed by atoms with Gasteiger partial charge in [0.2, 0.25) is 0 Å². The quantitative estimate of drug-likeness (QED) is 0.468. The molecule has 9 heavy (non-hydrogen) atoms. The summed E-state index contributed by atoms with van der Waals surface area (Å²) in [6.07, 6.45) is 1.45. The molecule has 0 atom stereocenters. The molecule has 0 spiro atoms. The van der Waals surface area contributed by atoms with Crippen molar-refractivity contribution in [2.24, 2.45) is 7.05 Å². The molecule has 1 heterocycles. The monoisotopic (exact) mass is 125 g/mol. The third-order valence-corrected chi connectivity index (χ3v) is 1.11. The van der Waals surface area contributed by atoms with Gasteiger partial charge in [0.15, 0.2) is 0 Å². The van der Waals surface area contributed by atoms with Gasteiger partial charge in [0.1, 0.15) is 5.49 Å². The van der Waals surface area contributed by atoms with Gasteiger partial charge in [-0.25, -0.2) is 4.79 Å². The molecule has 0 bridgehead atoms. The third kappa shape index (κ3) is 0.910. The Hall–Kier alpha value is -1.32. The smallest absolute Gasteiger partial charge is 0.314 e. The van der Waals surface area contributed by atoms with Crippen LogP contribution in [-0.2, 0) is 7.05 Å². The molecule has 1 rings (SSSR count). The van der Waals surface area contributed by atoms with Crippen LogP contribution >= 0.6 is 0 Å². The molecule has 0 fully saturated rings. The zero-order valence-electron chi connectivity index (χ0n) is 5.01. The number of nitrogens with one attached hydrogen (secondary N) is 2. The molecule has 0 aliphatic heterocycles. The Morgan fingerprint density at radius 3 is 2.89 bits per heavy atom. The SMILES string of the molecule is Cn1c(=N)cc[nH]c1=O. The van der Waals surface area contributed by atoms with Gasteiger partial charge in [-0.2, -0.15) is 0 Å². The summed E-state index contributed by atoms with van der Waals surface area (Å²) in [4.78, 5) is 13.1. The van der Waals surface area contributed by atoms with Crippen molar-refractivity contribution in [2.45, 2.75) is 0 Å². The van der Waals surface area contributed by atoms with Gasteiger partial charge >= 0.3 is 5.69 Å². The fourth-order valence-electron chi connectivity index (χ4n) is 0.510. The second kappa shape index (κ2) is 1.89. The van der Waals surface area contributed by atoms with E-state index in [-0.39, 0.29) is 11.2 Å². The highest BCUT2D eigenvalue weighted by Crippen LogP contribution is 1.57. The lowest BCUT2D eigenvalue weighted by Gasteiger charge is -1.91. The third-order valence-electron chi connectivity index (χ3n) is 1.11. The van der Waals surface area contributed by atoms with E-state index in [1.54, 1.807) is 7.05 Å². The Morgan fingerprint density at radius 2 is 2.44 bits per heavy atom. The fourth-order valence-corrected chi connectivity index (χ4v) is 0.510. The van der Waals surface area contributed by atoms with Crippen LogP contribution in [0, 0.1) is 5.41 Å². The van der Waals surface area contributed by atoms with Crippen molar-refractivity contribution < 1.29 is 0 Å². The molecule has 0 saturated carbocycles. The Morgan fingerprint density at radius 1 is 1.78 bits per heavy atom. The van der Waals surface area contributed by atoms with E-state index < -0.39 is 0 Å². The van der Waals surface area contributed by atoms with Crippen LogP contribution in [0.25, 0.3) is 0 Å². The average Bonchev–Trinajstić information content (AvgIpc) is 1.83. The first kappa shape index (κ1) is 5.81. The van der Waals surface area contributed by atoms with Gasteiger partial charge in [0, 0.05) is 13.2 Å². The van der Waals surface area contributed by atoms with E-state index >= 15 is 0 Å². The highest BCUT2D eigenvalue weighted by atomic mass is 16.1. The predicted octanol–water partition coefficient (Wildman–Crippen LogP) is -0.807. The van der Waals surface area contributed by atoms with Crippen molar-refractivity contribution in [3.63, 3.8) is 0 Å². The Kier molecular flexibility index (Phi) is 1.22. The largest absolute Gasteiger partial charge is 0.326 e. The van der Waals surface area contributed by atoms with Crippen LogP contribution in [0.15, 0.2) is 17.1 Å². The minimum Gasteiger partial charge on any atom is -0.314 e. The summed E-state index contributed by atoms with van der Waals surface area (Å²) in [5, 5.41) is 7.10. The maximum Gasteiger partial charge on any atom is 0.326 e. The molecule has 0 radical (unpaired) electrons. The van der Waals surface area contributed by atoms with Gasteiger partial charge in [-0.3, -0.25) is 9.98 Å². The van der Waals surface area contributed by atoms with Crippen molar-refractivity contribution in [3.05, 3.63) is 28.2 Å². The minimum absolute atomic E-state index is 0.207. The lowest BCUT2D eigenvalue weighted by Crippen LogP contribution is -2.30. The normalized spacial score (nSPS) is 9.44. The molecule has 4 nitrogen and oxygen atoms in total. The van der Waals surface area contributed by atoms with E-state index in [0.29, 0.717) is 0 Å². The number of rotatable bonds is 0. The zero-order valence-corrected chi connectivity index (χ0v) is 5.01. The van der Waals surface area contributed by atoms with Gasteiger partial charge in [-0.05, 0) is 6.07 Å². The first-order valence-electron chi connectivity index (χ1n) is 2.51. The number of aromatic nitrogens is 2. The van der Waals surface area contributed by atoms with Crippen molar-refractivity contribution in [1.29, 1.82) is 5.41 Å². The highest BCUT2D eigenvalue weighted by Gasteiger charge is 1.85. The molecule has 1 aromatic rings. The van der Waals surface area contributed by atoms with E-state index in [1.165, 1.54) is 16.8 Å². The van der Waals surface area contributed by atoms with Crippen LogP contribution in [0.5, 0.6) is 0 Å². The highest BCUT2D eigenvalue weighted by molar-refractivity contribution is 4.77. The maximum atomic E-state index is 10.6. The van der Waals surface area contributed by atoms with Crippen LogP contribution in [0.2, 0.25) is 0 Å². The molecule has 0 aliphatic carbocycles. The van der Waals surface area contributed by atoms with Crippen LogP contribution in [0.4, 0.5) is 0 Å². The van der Waals surface area contributed by atoms with Crippen molar-refractivity contribution in [1.82, 2.24) is 9.55 Å². The van der Waals surface area contributed by atoms with Gasteiger partial charge in [-0.1, -0.05) is 0 Å². The van der Waals surface area contributed by atoms with E-state index in [9.17, 15) is 4.79 Å². The summed E-state index contributed by atoms with van der Waals surface area (Å²) < 4.78 is 1.22. The summed E-state index contributed by atoms with van der Waals surface area (Å²) in [5.41, 5.74) is -0.0544. The lowest BCUT2D eigenvalue weighted by atomic mass is 10.6. The number of hydrogen-bond acceptors (Lipinski definition) is 2. The Bertz CT molecular complexity index is 280. The zero-order chi connectivity index (χ0) is 6.85. The summed E-state index contributed by atoms with van der Waals surface area (Å²) in [6, 6.07) is 1.52. The predicted molar refractivity (Wildman–Crippen MR) is 31.9 cm³/mol. The first-order valence-corrected chi connectivity index (χ1v) is 2.51. The second-order valence-electron chi connectivity index (χ2n) is 1.73. The molecule has 0 saturated heterocycles. The lowest BCUT2D eigenvalue weighted by molar-refractivity contribution is 0.744. The average molecular weight is 125 g/mol. The molecule has 4 heteroatoms. The van der Waals surface area contributed by atoms with Gasteiger partial charge < -0.3 is 4.98 Å². The number of H-pyrrole nitrogens is 1. The first-order chi connectivity index (χ1) is 4.22. The second-order valence-corrected chi connectivity index (χ2v) is 1.73. The Balaban J connectivity index is 3.62. The molecule has 0 aromatic carbocycles. The maximum absolute atomic E-state index is 10.6. The standard InChI is InChI=1S/C5H7N3O/c1-8-4(6)2-3-7-5(8)9/h2-3,6H,1H3,(H,7,9). The molecule has 2 N–H and O–H groups in total. The summed E-state index contributed by atoms with van der Waals surface area (Å²) in [6.45, 7) is 0. The Labute approximate surface area is 51.3 Å². The van der Waals surface area contributed by atoms with Gasteiger partial charge in [0.05, 0.1) is 0 Å². The molecular weight excluding hydrogens is 118 g/mol. The van der Waals surface area contributed by atoms with Crippen LogP contribution in [-0.4, -0.2) is 9.55 Å². The molecular formula is C5H7N3O. The molecule has 48 valence electrons. The van der Waals surface area contributed by atoms with Crippen LogP contribution in [0.1, 0.15) is 0 Å². The van der Waals surface area contributed by atoms with Crippen molar-refractivity contribution >= 4 is 0 Å². The van der Waals surface area contributed by atoms with E-state index in [2.05, 4.69) is 4.98 Å². The van der Waals surface area contributed by atoms with E-state index in [0.717, 1.165) is 0 Å². The van der Waals surface area contributed by atoms with Gasteiger partial charge in [-0.15, -0.1) is 0 Å². The van der Waals surface area contributed by atoms with Crippen molar-refractivity contribution in [2.75, 3.05) is 0 Å². The van der Waals surface area contributed by atoms with Gasteiger partial charge in [0.25, 0.3) is 0 Å². The number of nitrogens with zero attached hydrogens (tertiary/aromatic N) is 1. The van der Waals surface area contributed by atoms with Crippen LogP contribution < -0.4 is 11.2 Å². The molecule has 0 aliphatic rings. The van der Waals surface area contributed by atoms with E-state index in [1.807, 2.05) is 0 Å². The summed E-state index contributed by atoms with van der Waals surface area (Å²) >= 11 is 0. The minimum atomic E-state index is -0.262. The summed E-state index contributed by atoms with van der Waals surface area (Å²) in [7, 11) is 1.54. The van der Waals surface area contributed by atoms with E-state index in [4.69, 9.17) is 5.41 Å². The molecule has 1 aromatic heterocycles. The number of hydrogen-bond donors (Lipinski definition) is 2. The number of aromatic amines is 1. The topological polar surface area (TPSA) is 61.6 Å². The summed E-state index contributed by atoms with van der Waals surface area (Å²) in [5.74, 6) is 0. The van der Waals surface area contributed by atoms with Crippen LogP contribution in [0.3, 0.4) is 0 Å². The molecule has 0 amide bonds. The molecule has 0 unspecified atom stereocenters.